The Morgan fingerprint density at radius 3 is 2.46 bits per heavy atom. The Labute approximate surface area is 83.7 Å². The summed E-state index contributed by atoms with van der Waals surface area (Å²) in [6.45, 7) is 13.4. The summed E-state index contributed by atoms with van der Waals surface area (Å²) in [5.74, 6) is 0. The molecule has 13 heavy (non-hydrogen) atoms. The zero-order chi connectivity index (χ0) is 9.84. The lowest BCUT2D eigenvalue weighted by molar-refractivity contribution is 1.25. The fraction of sp³-hybridized carbons (Fsp3) is 0.0909. The van der Waals surface area contributed by atoms with Gasteiger partial charge in [-0.3, -0.25) is 0 Å². The quantitative estimate of drug-likeness (QED) is 0.672. The molecule has 0 aromatic heterocycles. The Hall–Kier alpha value is -1.15. The van der Waals surface area contributed by atoms with Crippen molar-refractivity contribution in [2.45, 2.75) is 6.92 Å². The monoisotopic (exact) mass is 191 g/mol. The summed E-state index contributed by atoms with van der Waals surface area (Å²) in [5, 5.41) is 0. The molecule has 0 aromatic carbocycles. The third-order valence-corrected chi connectivity index (χ3v) is 2.62. The van der Waals surface area contributed by atoms with Crippen LogP contribution < -0.4 is 4.72 Å². The van der Waals surface area contributed by atoms with Crippen LogP contribution in [-0.2, 0) is 0 Å². The van der Waals surface area contributed by atoms with Crippen LogP contribution in [0.5, 0.6) is 0 Å². The van der Waals surface area contributed by atoms with E-state index in [1.54, 1.807) is 12.2 Å². The van der Waals surface area contributed by atoms with Gasteiger partial charge in [0.1, 0.15) is 0 Å². The first-order valence-corrected chi connectivity index (χ1v) is 4.84. The van der Waals surface area contributed by atoms with E-state index >= 15 is 0 Å². The molecule has 1 saturated heterocycles. The SMILES string of the molecule is C=CC(C=C)=C1C(=C)SN/C1=C/C. The lowest BCUT2D eigenvalue weighted by Gasteiger charge is -2.02. The van der Waals surface area contributed by atoms with Crippen LogP contribution >= 0.6 is 11.9 Å². The summed E-state index contributed by atoms with van der Waals surface area (Å²) in [4.78, 5) is 1.02. The van der Waals surface area contributed by atoms with E-state index in [2.05, 4.69) is 24.5 Å². The molecule has 1 heterocycles. The molecule has 0 bridgehead atoms. The fourth-order valence-corrected chi connectivity index (χ4v) is 1.96. The Balaban J connectivity index is 3.26. The van der Waals surface area contributed by atoms with Gasteiger partial charge in [0.15, 0.2) is 0 Å². The van der Waals surface area contributed by atoms with Crippen LogP contribution in [0.2, 0.25) is 0 Å². The average Bonchev–Trinajstić information content (AvgIpc) is 2.51. The van der Waals surface area contributed by atoms with Crippen molar-refractivity contribution in [2.24, 2.45) is 0 Å². The Morgan fingerprint density at radius 2 is 2.00 bits per heavy atom. The maximum atomic E-state index is 3.96. The minimum atomic E-state index is 1.02. The second kappa shape index (κ2) is 4.19. The van der Waals surface area contributed by atoms with E-state index in [0.29, 0.717) is 0 Å². The van der Waals surface area contributed by atoms with Gasteiger partial charge in [0.25, 0.3) is 0 Å². The highest BCUT2D eigenvalue weighted by atomic mass is 32.2. The molecule has 0 saturated carbocycles. The van der Waals surface area contributed by atoms with Gasteiger partial charge in [-0.1, -0.05) is 38.0 Å². The summed E-state index contributed by atoms with van der Waals surface area (Å²) < 4.78 is 3.18. The molecule has 68 valence electrons. The number of hydrogen-bond acceptors (Lipinski definition) is 2. The standard InChI is InChI=1S/C11H13NS/c1-5-9(6-2)11-8(4)13-12-10(11)7-3/h5-7,12H,1-2,4H2,3H3/b10-7+. The predicted octanol–water partition coefficient (Wildman–Crippen LogP) is 3.32. The molecule has 1 N–H and O–H groups in total. The zero-order valence-electron chi connectivity index (χ0n) is 7.76. The van der Waals surface area contributed by atoms with E-state index < -0.39 is 0 Å². The summed E-state index contributed by atoms with van der Waals surface area (Å²) in [6.07, 6.45) is 5.61. The topological polar surface area (TPSA) is 12.0 Å². The Bertz CT molecular complexity index is 311. The molecule has 0 unspecified atom stereocenters. The molecule has 0 aliphatic carbocycles. The van der Waals surface area contributed by atoms with E-state index in [0.717, 1.165) is 21.7 Å². The molecule has 0 amide bonds. The molecule has 1 aliphatic heterocycles. The first-order chi connectivity index (χ1) is 6.24. The minimum Gasteiger partial charge on any atom is -0.325 e. The van der Waals surface area contributed by atoms with Crippen LogP contribution in [0.25, 0.3) is 0 Å². The molecular weight excluding hydrogens is 178 g/mol. The van der Waals surface area contributed by atoms with E-state index in [9.17, 15) is 0 Å². The second-order valence-corrected chi connectivity index (χ2v) is 3.47. The van der Waals surface area contributed by atoms with Crippen molar-refractivity contribution in [2.75, 3.05) is 0 Å². The third-order valence-electron chi connectivity index (χ3n) is 1.85. The lowest BCUT2D eigenvalue weighted by Crippen LogP contribution is -1.96. The maximum absolute atomic E-state index is 3.96. The highest BCUT2D eigenvalue weighted by molar-refractivity contribution is 8.02. The van der Waals surface area contributed by atoms with Gasteiger partial charge in [-0.05, 0) is 24.4 Å². The summed E-state index contributed by atoms with van der Waals surface area (Å²) in [5.41, 5.74) is 3.22. The smallest absolute Gasteiger partial charge is 0.0490 e. The molecule has 0 radical (unpaired) electrons. The summed E-state index contributed by atoms with van der Waals surface area (Å²) >= 11 is 1.53. The van der Waals surface area contributed by atoms with Crippen molar-refractivity contribution in [3.05, 3.63) is 59.7 Å². The van der Waals surface area contributed by atoms with Crippen LogP contribution in [0.15, 0.2) is 59.7 Å². The minimum absolute atomic E-state index is 1.02. The van der Waals surface area contributed by atoms with E-state index in [1.807, 2.05) is 13.0 Å². The summed E-state index contributed by atoms with van der Waals surface area (Å²) in [6, 6.07) is 0. The lowest BCUT2D eigenvalue weighted by atomic mass is 10.1. The predicted molar refractivity (Wildman–Crippen MR) is 61.0 cm³/mol. The third kappa shape index (κ3) is 1.78. The maximum Gasteiger partial charge on any atom is 0.0490 e. The number of allylic oxidation sites excluding steroid dienone is 5. The first-order valence-electron chi connectivity index (χ1n) is 4.02. The van der Waals surface area contributed by atoms with E-state index in [4.69, 9.17) is 0 Å². The molecule has 0 aromatic rings. The number of rotatable bonds is 2. The molecule has 1 fully saturated rings. The highest BCUT2D eigenvalue weighted by Gasteiger charge is 2.19. The van der Waals surface area contributed by atoms with Gasteiger partial charge in [-0.15, -0.1) is 0 Å². The van der Waals surface area contributed by atoms with Crippen LogP contribution in [-0.4, -0.2) is 0 Å². The van der Waals surface area contributed by atoms with E-state index in [-0.39, 0.29) is 0 Å². The molecular formula is C11H13NS. The number of hydrogen-bond donors (Lipinski definition) is 1. The van der Waals surface area contributed by atoms with Crippen LogP contribution in [0.4, 0.5) is 0 Å². The van der Waals surface area contributed by atoms with Crippen molar-refractivity contribution >= 4 is 11.9 Å². The molecule has 0 atom stereocenters. The molecule has 1 rings (SSSR count). The molecule has 1 nitrogen and oxygen atoms in total. The van der Waals surface area contributed by atoms with Crippen molar-refractivity contribution < 1.29 is 0 Å². The Morgan fingerprint density at radius 1 is 1.38 bits per heavy atom. The van der Waals surface area contributed by atoms with Crippen molar-refractivity contribution in [1.82, 2.24) is 4.72 Å². The van der Waals surface area contributed by atoms with Gasteiger partial charge in [0.2, 0.25) is 0 Å². The summed E-state index contributed by atoms with van der Waals surface area (Å²) in [7, 11) is 0. The van der Waals surface area contributed by atoms with Crippen LogP contribution in [0.1, 0.15) is 6.92 Å². The van der Waals surface area contributed by atoms with Gasteiger partial charge < -0.3 is 4.72 Å². The van der Waals surface area contributed by atoms with Gasteiger partial charge >= 0.3 is 0 Å². The fourth-order valence-electron chi connectivity index (χ4n) is 1.18. The van der Waals surface area contributed by atoms with Crippen LogP contribution in [0, 0.1) is 0 Å². The van der Waals surface area contributed by atoms with Gasteiger partial charge in [0.05, 0.1) is 0 Å². The van der Waals surface area contributed by atoms with Gasteiger partial charge in [0, 0.05) is 16.2 Å². The van der Waals surface area contributed by atoms with E-state index in [1.165, 1.54) is 11.9 Å². The second-order valence-electron chi connectivity index (χ2n) is 2.57. The van der Waals surface area contributed by atoms with Gasteiger partial charge in [-0.25, -0.2) is 0 Å². The van der Waals surface area contributed by atoms with Crippen molar-refractivity contribution in [3.63, 3.8) is 0 Å². The van der Waals surface area contributed by atoms with Crippen LogP contribution in [0.3, 0.4) is 0 Å². The molecule has 1 aliphatic rings. The zero-order valence-corrected chi connectivity index (χ0v) is 8.58. The first kappa shape index (κ1) is 9.93. The average molecular weight is 191 g/mol. The Kier molecular flexibility index (Phi) is 3.20. The van der Waals surface area contributed by atoms with Crippen molar-refractivity contribution in [3.8, 4) is 0 Å². The largest absolute Gasteiger partial charge is 0.325 e. The normalized spacial score (nSPS) is 18.7. The van der Waals surface area contributed by atoms with Crippen molar-refractivity contribution in [1.29, 1.82) is 0 Å². The number of nitrogens with one attached hydrogen (secondary N) is 1. The molecule has 2 heteroatoms. The van der Waals surface area contributed by atoms with Gasteiger partial charge in [-0.2, -0.15) is 0 Å². The molecule has 0 spiro atoms. The highest BCUT2D eigenvalue weighted by Crippen LogP contribution is 2.36.